The van der Waals surface area contributed by atoms with Gasteiger partial charge >= 0.3 is 5.97 Å². The molecular weight excluding hydrogens is 1020 g/mol. The third-order valence-corrected chi connectivity index (χ3v) is 21.4. The summed E-state index contributed by atoms with van der Waals surface area (Å²) in [6.07, 6.45) is -26.0. The first-order chi connectivity index (χ1) is 36.0. The standard InChI is InChI=1S/C54H88O23/c1-49(2)14-16-54(17-15-52(6)23(24(54)18-49)8-9-30-51(5)12-11-31(57)50(3,4)29(51)10-13-53(30,52)7)48(69)77-46-42(68)38(64)35(61)28(75-46)22-71-47-43(39(65)33(59)26(20-56)73-47)76-45-41(67)37(63)34(60)27(74-45)21-70-44-40(66)36(62)32(58)25(19-55)72-44/h8,24-47,55-68H,9-22H2,1-7H3/t24-,25+,26+,27+,28+,29-,30+,31-,32+,33+,34+,35+,36-,37-,38-,39-,40+,41+,42+,43+,44+,45-,46-,47+,51-,52+,53+,54-/m0/s1. The highest BCUT2D eigenvalue weighted by Crippen LogP contribution is 2.76. The molecule has 4 aliphatic heterocycles. The van der Waals surface area contributed by atoms with Gasteiger partial charge in [-0.1, -0.05) is 60.1 Å². The van der Waals surface area contributed by atoms with E-state index in [-0.39, 0.29) is 39.1 Å². The van der Waals surface area contributed by atoms with Crippen LogP contribution >= 0.6 is 0 Å². The lowest BCUT2D eigenvalue weighted by molar-refractivity contribution is -0.376. The Morgan fingerprint density at radius 3 is 1.66 bits per heavy atom. The van der Waals surface area contributed by atoms with Gasteiger partial charge in [-0.3, -0.25) is 4.79 Å². The molecule has 28 atom stereocenters. The van der Waals surface area contributed by atoms with E-state index in [9.17, 15) is 71.5 Å². The Kier molecular flexibility index (Phi) is 17.0. The van der Waals surface area contributed by atoms with Crippen molar-refractivity contribution in [1.29, 1.82) is 0 Å². The highest BCUT2D eigenvalue weighted by Gasteiger charge is 2.70. The minimum absolute atomic E-state index is 0.0173. The van der Waals surface area contributed by atoms with Crippen molar-refractivity contribution < 1.29 is 114 Å². The van der Waals surface area contributed by atoms with Crippen molar-refractivity contribution in [2.45, 2.75) is 242 Å². The maximum absolute atomic E-state index is 15.1. The predicted molar refractivity (Wildman–Crippen MR) is 263 cm³/mol. The van der Waals surface area contributed by atoms with Crippen molar-refractivity contribution in [3.63, 3.8) is 0 Å². The Balaban J connectivity index is 0.902. The van der Waals surface area contributed by atoms with Crippen molar-refractivity contribution in [1.82, 2.24) is 0 Å². The van der Waals surface area contributed by atoms with Gasteiger partial charge in [0, 0.05) is 0 Å². The molecule has 4 heterocycles. The van der Waals surface area contributed by atoms with E-state index < -0.39 is 161 Å². The quantitative estimate of drug-likeness (QED) is 0.0740. The molecular formula is C54H88O23. The number of allylic oxidation sites excluding steroid dienone is 2. The van der Waals surface area contributed by atoms with Crippen molar-refractivity contribution >= 4 is 5.97 Å². The number of aliphatic hydroxyl groups is 14. The average molecular weight is 1110 g/mol. The van der Waals surface area contributed by atoms with Gasteiger partial charge in [-0.05, 0) is 109 Å². The summed E-state index contributed by atoms with van der Waals surface area (Å²) in [7, 11) is 0. The van der Waals surface area contributed by atoms with E-state index in [2.05, 4.69) is 54.5 Å². The first-order valence-electron chi connectivity index (χ1n) is 27.8. The maximum Gasteiger partial charge on any atom is 0.315 e. The smallest absolute Gasteiger partial charge is 0.315 e. The van der Waals surface area contributed by atoms with Crippen LogP contribution < -0.4 is 0 Å². The fourth-order valence-electron chi connectivity index (χ4n) is 16.2. The number of carbonyl (C=O) groups is 1. The summed E-state index contributed by atoms with van der Waals surface area (Å²) in [6, 6.07) is 0. The van der Waals surface area contributed by atoms with E-state index in [0.717, 1.165) is 44.9 Å². The van der Waals surface area contributed by atoms with Gasteiger partial charge in [-0.15, -0.1) is 0 Å². The monoisotopic (exact) mass is 1100 g/mol. The molecule has 0 aromatic rings. The molecule has 0 unspecified atom stereocenters. The molecule has 8 fully saturated rings. The summed E-state index contributed by atoms with van der Waals surface area (Å²) >= 11 is 0. The molecule has 23 heteroatoms. The molecule has 4 saturated carbocycles. The van der Waals surface area contributed by atoms with Crippen molar-refractivity contribution in [2.75, 3.05) is 26.4 Å². The van der Waals surface area contributed by atoms with Gasteiger partial charge in [0.2, 0.25) is 6.29 Å². The SMILES string of the molecule is CC1(C)CC[C@]2(C(=O)O[C@@H]3O[C@H](CO[C@@H]4O[C@H](CO)[C@@H](O)[C@H](O)[C@H]4O[C@@H]4O[C@H](CO[C@@H]5O[C@H](CO)[C@@H](O)[C@H](O)[C@H]5O)[C@@H](O)[C@H](O)[C@H]4O)[C@@H](O)[C@H](O)[C@H]3O)CC[C@]3(C)C(=CC[C@@H]4[C@@]5(C)CC[C@H](O)C(C)(C)[C@@H]5CC[C@]43C)[C@@H]2C1. The van der Waals surface area contributed by atoms with Gasteiger partial charge in [0.15, 0.2) is 18.9 Å². The minimum Gasteiger partial charge on any atom is -0.432 e. The molecule has 9 rings (SSSR count). The van der Waals surface area contributed by atoms with Crippen LogP contribution in [0.5, 0.6) is 0 Å². The fraction of sp³-hybridized carbons (Fsp3) is 0.944. The minimum atomic E-state index is -2.05. The summed E-state index contributed by atoms with van der Waals surface area (Å²) in [4.78, 5) is 15.1. The molecule has 0 spiro atoms. The van der Waals surface area contributed by atoms with Gasteiger partial charge in [0.05, 0.1) is 37.9 Å². The van der Waals surface area contributed by atoms with Crippen LogP contribution in [0.4, 0.5) is 0 Å². The zero-order valence-electron chi connectivity index (χ0n) is 45.3. The second-order valence-corrected chi connectivity index (χ2v) is 26.4. The van der Waals surface area contributed by atoms with Crippen LogP contribution in [0.15, 0.2) is 11.6 Å². The summed E-state index contributed by atoms with van der Waals surface area (Å²) in [5.41, 5.74) is -0.376. The van der Waals surface area contributed by atoms with Gasteiger partial charge < -0.3 is 109 Å². The highest BCUT2D eigenvalue weighted by atomic mass is 16.8. The first-order valence-corrected chi connectivity index (χ1v) is 27.8. The lowest BCUT2D eigenvalue weighted by Crippen LogP contribution is -2.66. The normalized spacial score (nSPS) is 53.4. The molecule has 4 saturated heterocycles. The van der Waals surface area contributed by atoms with Gasteiger partial charge in [0.1, 0.15) is 97.7 Å². The number of hydrogen-bond acceptors (Lipinski definition) is 23. The molecule has 0 aromatic heterocycles. The van der Waals surface area contributed by atoms with Crippen LogP contribution in [0, 0.1) is 50.2 Å². The largest absolute Gasteiger partial charge is 0.432 e. The summed E-state index contributed by atoms with van der Waals surface area (Å²) in [5.74, 6) is -0.0663. The Morgan fingerprint density at radius 1 is 0.545 bits per heavy atom. The van der Waals surface area contributed by atoms with E-state index in [1.807, 2.05) is 0 Å². The molecule has 14 N–H and O–H groups in total. The van der Waals surface area contributed by atoms with Crippen molar-refractivity contribution in [3.8, 4) is 0 Å². The molecule has 77 heavy (non-hydrogen) atoms. The van der Waals surface area contributed by atoms with Crippen LogP contribution in [0.2, 0.25) is 0 Å². The highest BCUT2D eigenvalue weighted by molar-refractivity contribution is 5.79. The Bertz CT molecular complexity index is 2110. The number of hydrogen-bond donors (Lipinski definition) is 14. The van der Waals surface area contributed by atoms with E-state index in [1.54, 1.807) is 0 Å². The van der Waals surface area contributed by atoms with Crippen molar-refractivity contribution in [3.05, 3.63) is 11.6 Å². The van der Waals surface area contributed by atoms with E-state index >= 15 is 4.79 Å². The number of rotatable bonds is 12. The van der Waals surface area contributed by atoms with Crippen LogP contribution in [-0.4, -0.2) is 233 Å². The predicted octanol–water partition coefficient (Wildman–Crippen LogP) is -2.04. The van der Waals surface area contributed by atoms with Gasteiger partial charge in [-0.25, -0.2) is 0 Å². The average Bonchev–Trinajstić information content (AvgIpc) is 3.46. The number of esters is 1. The van der Waals surface area contributed by atoms with E-state index in [0.29, 0.717) is 31.1 Å². The molecule has 9 aliphatic rings. The molecule has 0 bridgehead atoms. The molecule has 5 aliphatic carbocycles. The number of aliphatic hydroxyl groups excluding tert-OH is 14. The second kappa shape index (κ2) is 21.8. The number of fused-ring (bicyclic) bond motifs is 7. The van der Waals surface area contributed by atoms with Crippen LogP contribution in [0.1, 0.15) is 113 Å². The summed E-state index contributed by atoms with van der Waals surface area (Å²) in [6.45, 7) is 13.1. The molecule has 0 amide bonds. The van der Waals surface area contributed by atoms with Crippen LogP contribution in [0.3, 0.4) is 0 Å². The summed E-state index contributed by atoms with van der Waals surface area (Å²) in [5, 5.41) is 151. The van der Waals surface area contributed by atoms with Crippen LogP contribution in [-0.2, 0) is 42.7 Å². The third-order valence-electron chi connectivity index (χ3n) is 21.4. The Labute approximate surface area is 449 Å². The third kappa shape index (κ3) is 10.00. The Hall–Kier alpha value is -1.63. The van der Waals surface area contributed by atoms with E-state index in [4.69, 9.17) is 37.9 Å². The fourth-order valence-corrected chi connectivity index (χ4v) is 16.2. The number of carbonyl (C=O) groups excluding carboxylic acids is 1. The maximum atomic E-state index is 15.1. The van der Waals surface area contributed by atoms with Crippen molar-refractivity contribution in [2.24, 2.45) is 50.2 Å². The molecule has 0 aromatic carbocycles. The number of ether oxygens (including phenoxy) is 8. The Morgan fingerprint density at radius 2 is 1.05 bits per heavy atom. The first kappa shape index (κ1) is 60.0. The lowest BCUT2D eigenvalue weighted by atomic mass is 9.33. The topological polar surface area (TPSA) is 374 Å². The molecule has 23 nitrogen and oxygen atoms in total. The zero-order valence-corrected chi connectivity index (χ0v) is 45.3. The van der Waals surface area contributed by atoms with E-state index in [1.165, 1.54) is 5.57 Å². The van der Waals surface area contributed by atoms with Gasteiger partial charge in [0.25, 0.3) is 0 Å². The molecule has 442 valence electrons. The zero-order chi connectivity index (χ0) is 56.3. The summed E-state index contributed by atoms with van der Waals surface area (Å²) < 4.78 is 46.5. The molecule has 0 radical (unpaired) electrons. The van der Waals surface area contributed by atoms with Crippen LogP contribution in [0.25, 0.3) is 0 Å². The second-order valence-electron chi connectivity index (χ2n) is 26.4. The van der Waals surface area contributed by atoms with Gasteiger partial charge in [-0.2, -0.15) is 0 Å². The lowest BCUT2D eigenvalue weighted by Gasteiger charge is -2.71.